The topological polar surface area (TPSA) is 26.0 Å². The first-order chi connectivity index (χ1) is 7.20. The molecule has 0 aromatic heterocycles. The predicted octanol–water partition coefficient (Wildman–Crippen LogP) is 3.15. The van der Waals surface area contributed by atoms with E-state index in [9.17, 15) is 8.78 Å². The Morgan fingerprint density at radius 3 is 2.53 bits per heavy atom. The fourth-order valence-corrected chi connectivity index (χ4v) is 2.35. The summed E-state index contributed by atoms with van der Waals surface area (Å²) in [6.45, 7) is 0. The minimum absolute atomic E-state index is 0.307. The van der Waals surface area contributed by atoms with Crippen LogP contribution in [-0.2, 0) is 0 Å². The molecular formula is C12H15F2N. The van der Waals surface area contributed by atoms with Gasteiger partial charge in [0, 0.05) is 11.6 Å². The Hall–Kier alpha value is -0.960. The van der Waals surface area contributed by atoms with E-state index in [-0.39, 0.29) is 6.04 Å². The van der Waals surface area contributed by atoms with Gasteiger partial charge in [-0.2, -0.15) is 0 Å². The van der Waals surface area contributed by atoms with E-state index >= 15 is 0 Å². The van der Waals surface area contributed by atoms with E-state index in [0.717, 1.165) is 31.7 Å². The molecule has 2 rings (SSSR count). The highest BCUT2D eigenvalue weighted by atomic mass is 19.2. The van der Waals surface area contributed by atoms with Crippen LogP contribution in [0.3, 0.4) is 0 Å². The molecule has 2 N–H and O–H groups in total. The maximum absolute atomic E-state index is 13.5. The molecule has 0 spiro atoms. The molecule has 1 saturated carbocycles. The number of rotatable bonds is 2. The van der Waals surface area contributed by atoms with Gasteiger partial charge in [0.1, 0.15) is 0 Å². The average molecular weight is 211 g/mol. The molecule has 0 saturated heterocycles. The van der Waals surface area contributed by atoms with E-state index in [1.807, 2.05) is 0 Å². The fraction of sp³-hybridized carbons (Fsp3) is 0.500. The first-order valence-electron chi connectivity index (χ1n) is 5.39. The summed E-state index contributed by atoms with van der Waals surface area (Å²) in [7, 11) is 0. The molecule has 3 heteroatoms. The number of hydrogen-bond acceptors (Lipinski definition) is 1. The summed E-state index contributed by atoms with van der Waals surface area (Å²) in [6, 6.07) is 3.87. The molecule has 82 valence electrons. The Balaban J connectivity index is 2.24. The SMILES string of the molecule is N[C@@H](c1cccc(F)c1F)C1CCCC1. The summed E-state index contributed by atoms with van der Waals surface area (Å²) in [4.78, 5) is 0. The van der Waals surface area contributed by atoms with Gasteiger partial charge in [0.25, 0.3) is 0 Å². The lowest BCUT2D eigenvalue weighted by molar-refractivity contribution is 0.415. The highest BCUT2D eigenvalue weighted by Crippen LogP contribution is 2.35. The van der Waals surface area contributed by atoms with Crippen molar-refractivity contribution in [1.82, 2.24) is 0 Å². The van der Waals surface area contributed by atoms with Crippen LogP contribution in [0.2, 0.25) is 0 Å². The molecule has 1 fully saturated rings. The maximum Gasteiger partial charge on any atom is 0.163 e. The molecule has 0 bridgehead atoms. The minimum atomic E-state index is -0.805. The lowest BCUT2D eigenvalue weighted by Gasteiger charge is -2.19. The van der Waals surface area contributed by atoms with E-state index in [0.29, 0.717) is 11.5 Å². The zero-order chi connectivity index (χ0) is 10.8. The van der Waals surface area contributed by atoms with Gasteiger partial charge in [0.2, 0.25) is 0 Å². The van der Waals surface area contributed by atoms with Crippen LogP contribution in [0.4, 0.5) is 8.78 Å². The minimum Gasteiger partial charge on any atom is -0.324 e. The summed E-state index contributed by atoms with van der Waals surface area (Å²) < 4.78 is 26.4. The van der Waals surface area contributed by atoms with Crippen molar-refractivity contribution in [3.63, 3.8) is 0 Å². The molecule has 0 radical (unpaired) electrons. The third-order valence-electron chi connectivity index (χ3n) is 3.25. The molecule has 0 aliphatic heterocycles. The zero-order valence-corrected chi connectivity index (χ0v) is 8.55. The third kappa shape index (κ3) is 2.02. The highest BCUT2D eigenvalue weighted by molar-refractivity contribution is 5.23. The first kappa shape index (κ1) is 10.6. The Labute approximate surface area is 88.3 Å². The summed E-state index contributed by atoms with van der Waals surface area (Å²) >= 11 is 0. The smallest absolute Gasteiger partial charge is 0.163 e. The Morgan fingerprint density at radius 2 is 1.87 bits per heavy atom. The summed E-state index contributed by atoms with van der Waals surface area (Å²) in [5.41, 5.74) is 6.28. The second-order valence-electron chi connectivity index (χ2n) is 4.21. The first-order valence-corrected chi connectivity index (χ1v) is 5.39. The number of hydrogen-bond donors (Lipinski definition) is 1. The quantitative estimate of drug-likeness (QED) is 0.799. The van der Waals surface area contributed by atoms with Crippen molar-refractivity contribution in [2.75, 3.05) is 0 Å². The second-order valence-corrected chi connectivity index (χ2v) is 4.21. The number of halogens is 2. The van der Waals surface area contributed by atoms with Crippen molar-refractivity contribution < 1.29 is 8.78 Å². The molecule has 1 atom stereocenters. The Bertz CT molecular complexity index is 345. The van der Waals surface area contributed by atoms with Crippen molar-refractivity contribution >= 4 is 0 Å². The fourth-order valence-electron chi connectivity index (χ4n) is 2.35. The van der Waals surface area contributed by atoms with Crippen LogP contribution in [0, 0.1) is 17.6 Å². The molecule has 1 nitrogen and oxygen atoms in total. The standard InChI is InChI=1S/C12H15F2N/c13-10-7-3-6-9(11(10)14)12(15)8-4-1-2-5-8/h3,6-8,12H,1-2,4-5,15H2/t12-/m1/s1. The average Bonchev–Trinajstić information content (AvgIpc) is 2.74. The van der Waals surface area contributed by atoms with E-state index in [1.165, 1.54) is 6.07 Å². The van der Waals surface area contributed by atoms with Crippen LogP contribution >= 0.6 is 0 Å². The lowest BCUT2D eigenvalue weighted by Crippen LogP contribution is -2.20. The van der Waals surface area contributed by atoms with Gasteiger partial charge in [-0.15, -0.1) is 0 Å². The summed E-state index contributed by atoms with van der Waals surface area (Å²) in [6.07, 6.45) is 4.35. The van der Waals surface area contributed by atoms with Gasteiger partial charge in [-0.3, -0.25) is 0 Å². The van der Waals surface area contributed by atoms with Crippen LogP contribution in [0.15, 0.2) is 18.2 Å². The van der Waals surface area contributed by atoms with Crippen LogP contribution in [0.5, 0.6) is 0 Å². The van der Waals surface area contributed by atoms with Gasteiger partial charge in [-0.1, -0.05) is 25.0 Å². The van der Waals surface area contributed by atoms with Crippen LogP contribution in [0.25, 0.3) is 0 Å². The highest BCUT2D eigenvalue weighted by Gasteiger charge is 2.25. The van der Waals surface area contributed by atoms with Crippen LogP contribution < -0.4 is 5.73 Å². The van der Waals surface area contributed by atoms with E-state index in [1.54, 1.807) is 6.07 Å². The Morgan fingerprint density at radius 1 is 1.20 bits per heavy atom. The van der Waals surface area contributed by atoms with E-state index < -0.39 is 11.6 Å². The Kier molecular flexibility index (Phi) is 3.00. The zero-order valence-electron chi connectivity index (χ0n) is 8.55. The number of benzene rings is 1. The molecule has 1 aliphatic carbocycles. The largest absolute Gasteiger partial charge is 0.324 e. The molecule has 15 heavy (non-hydrogen) atoms. The molecule has 1 aromatic rings. The van der Waals surface area contributed by atoms with Gasteiger partial charge in [-0.05, 0) is 24.8 Å². The molecular weight excluding hydrogens is 196 g/mol. The molecule has 1 aromatic carbocycles. The lowest BCUT2D eigenvalue weighted by atomic mass is 9.92. The monoisotopic (exact) mass is 211 g/mol. The van der Waals surface area contributed by atoms with E-state index in [2.05, 4.69) is 0 Å². The molecule has 1 aliphatic rings. The van der Waals surface area contributed by atoms with Crippen molar-refractivity contribution in [2.45, 2.75) is 31.7 Å². The van der Waals surface area contributed by atoms with Gasteiger partial charge in [0.15, 0.2) is 11.6 Å². The van der Waals surface area contributed by atoms with Gasteiger partial charge in [0.05, 0.1) is 0 Å². The summed E-state index contributed by atoms with van der Waals surface area (Å²) in [5, 5.41) is 0. The van der Waals surface area contributed by atoms with Crippen molar-refractivity contribution in [2.24, 2.45) is 11.7 Å². The predicted molar refractivity (Wildman–Crippen MR) is 55.2 cm³/mol. The van der Waals surface area contributed by atoms with Crippen molar-refractivity contribution in [3.8, 4) is 0 Å². The second kappa shape index (κ2) is 4.27. The van der Waals surface area contributed by atoms with Gasteiger partial charge >= 0.3 is 0 Å². The number of nitrogens with two attached hydrogens (primary N) is 1. The molecule has 0 unspecified atom stereocenters. The van der Waals surface area contributed by atoms with Gasteiger partial charge in [-0.25, -0.2) is 8.78 Å². The molecule has 0 heterocycles. The molecule has 0 amide bonds. The third-order valence-corrected chi connectivity index (χ3v) is 3.25. The van der Waals surface area contributed by atoms with Crippen molar-refractivity contribution in [3.05, 3.63) is 35.4 Å². The van der Waals surface area contributed by atoms with Crippen LogP contribution in [0.1, 0.15) is 37.3 Å². The summed E-state index contributed by atoms with van der Waals surface area (Å²) in [5.74, 6) is -1.28. The maximum atomic E-state index is 13.5. The van der Waals surface area contributed by atoms with Crippen molar-refractivity contribution in [1.29, 1.82) is 0 Å². The normalized spacial score (nSPS) is 19.4. The van der Waals surface area contributed by atoms with E-state index in [4.69, 9.17) is 5.73 Å². The van der Waals surface area contributed by atoms with Gasteiger partial charge < -0.3 is 5.73 Å². The van der Waals surface area contributed by atoms with Crippen LogP contribution in [-0.4, -0.2) is 0 Å².